The molecule has 3 amide bonds. The summed E-state index contributed by atoms with van der Waals surface area (Å²) in [5.74, 6) is -0.540. The monoisotopic (exact) mass is 581 g/mol. The minimum Gasteiger partial charge on any atom is -0.444 e. The molecule has 1 unspecified atom stereocenters. The molecule has 0 aliphatic carbocycles. The van der Waals surface area contributed by atoms with E-state index in [9.17, 15) is 14.4 Å². The third-order valence-electron chi connectivity index (χ3n) is 7.70. The summed E-state index contributed by atoms with van der Waals surface area (Å²) >= 11 is 0. The van der Waals surface area contributed by atoms with Crippen molar-refractivity contribution >= 4 is 34.4 Å². The van der Waals surface area contributed by atoms with Crippen molar-refractivity contribution in [2.24, 2.45) is 0 Å². The van der Waals surface area contributed by atoms with Crippen LogP contribution < -0.4 is 10.6 Å². The van der Waals surface area contributed by atoms with Gasteiger partial charge in [-0.3, -0.25) is 19.6 Å². The van der Waals surface area contributed by atoms with E-state index in [1.165, 1.54) is 4.90 Å². The van der Waals surface area contributed by atoms with Crippen LogP contribution in [0.1, 0.15) is 74.5 Å². The molecule has 2 heterocycles. The molecule has 3 N–H and O–H groups in total. The van der Waals surface area contributed by atoms with Crippen molar-refractivity contribution in [3.05, 3.63) is 83.6 Å². The molecular weight excluding hydrogens is 542 g/mol. The van der Waals surface area contributed by atoms with Crippen LogP contribution in [0.4, 0.5) is 10.5 Å². The van der Waals surface area contributed by atoms with Gasteiger partial charge in [0.05, 0.1) is 11.7 Å². The zero-order valence-corrected chi connectivity index (χ0v) is 25.4. The highest BCUT2D eigenvalue weighted by molar-refractivity contribution is 6.00. The van der Waals surface area contributed by atoms with Gasteiger partial charge in [-0.1, -0.05) is 30.3 Å². The molecule has 0 saturated carbocycles. The van der Waals surface area contributed by atoms with E-state index in [0.717, 1.165) is 46.0 Å². The number of carbonyl (C=O) groups excluding carboxylic acids is 3. The van der Waals surface area contributed by atoms with E-state index < -0.39 is 17.7 Å². The normalized spacial score (nSPS) is 16.0. The lowest BCUT2D eigenvalue weighted by atomic mass is 9.95. The zero-order chi connectivity index (χ0) is 30.7. The smallest absolute Gasteiger partial charge is 0.410 e. The molecule has 1 aromatic heterocycles. The minimum absolute atomic E-state index is 0.245. The number of anilines is 1. The van der Waals surface area contributed by atoms with Crippen LogP contribution in [0, 0.1) is 6.92 Å². The van der Waals surface area contributed by atoms with Crippen LogP contribution in [0.15, 0.2) is 66.9 Å². The Kier molecular flexibility index (Phi) is 8.52. The number of carbonyl (C=O) groups is 3. The number of H-pyrrole nitrogens is 1. The topological polar surface area (TPSA) is 116 Å². The fourth-order valence-electron chi connectivity index (χ4n) is 5.54. The molecule has 0 bridgehead atoms. The van der Waals surface area contributed by atoms with Crippen molar-refractivity contribution in [2.75, 3.05) is 11.9 Å². The number of rotatable bonds is 6. The number of aromatic nitrogens is 2. The molecule has 43 heavy (non-hydrogen) atoms. The highest BCUT2D eigenvalue weighted by Gasteiger charge is 2.35. The number of fused-ring (bicyclic) bond motifs is 1. The molecular formula is C34H39N5O4. The second kappa shape index (κ2) is 12.3. The van der Waals surface area contributed by atoms with Crippen molar-refractivity contribution in [1.82, 2.24) is 20.4 Å². The van der Waals surface area contributed by atoms with Crippen LogP contribution in [-0.4, -0.2) is 51.2 Å². The van der Waals surface area contributed by atoms with E-state index >= 15 is 0 Å². The van der Waals surface area contributed by atoms with Crippen LogP contribution in [0.3, 0.4) is 0 Å². The van der Waals surface area contributed by atoms with E-state index in [1.54, 1.807) is 18.3 Å². The van der Waals surface area contributed by atoms with Gasteiger partial charge in [-0.25, -0.2) is 4.79 Å². The summed E-state index contributed by atoms with van der Waals surface area (Å²) in [5, 5.41) is 15.3. The Morgan fingerprint density at radius 1 is 1.05 bits per heavy atom. The second-order valence-electron chi connectivity index (χ2n) is 12.2. The molecule has 1 fully saturated rings. The molecule has 0 radical (unpaired) electrons. The van der Waals surface area contributed by atoms with Crippen LogP contribution in [-0.2, 0) is 9.53 Å². The number of amides is 3. The summed E-state index contributed by atoms with van der Waals surface area (Å²) in [6.07, 6.45) is 3.43. The number of ether oxygens (including phenoxy) is 1. The molecule has 1 aliphatic rings. The maximum Gasteiger partial charge on any atom is 0.410 e. The van der Waals surface area contributed by atoms with Crippen molar-refractivity contribution in [3.63, 3.8) is 0 Å². The van der Waals surface area contributed by atoms with E-state index in [0.29, 0.717) is 24.2 Å². The standard InChI is InChI=1S/C34H39N5O4/c1-21-13-14-25(37-32(41)30-12-8-9-17-39(30)33(42)43-34(3,4)5)20-27(21)31(40)36-22(2)28-19-24(29-15-16-35-38-29)18-23-10-6-7-11-26(23)28/h6-7,10-11,13-16,18-20,22,30H,8-9,12,17H2,1-5H3,(H,35,38)(H,36,40)(H,37,41)/t22?,30-/m1/s1. The van der Waals surface area contributed by atoms with Gasteiger partial charge in [0, 0.05) is 29.6 Å². The Morgan fingerprint density at radius 2 is 1.84 bits per heavy atom. The Balaban J connectivity index is 1.34. The van der Waals surface area contributed by atoms with Crippen LogP contribution in [0.2, 0.25) is 0 Å². The molecule has 9 heteroatoms. The van der Waals surface area contributed by atoms with Gasteiger partial charge < -0.3 is 15.4 Å². The third-order valence-corrected chi connectivity index (χ3v) is 7.70. The van der Waals surface area contributed by atoms with Gasteiger partial charge in [-0.15, -0.1) is 0 Å². The first-order chi connectivity index (χ1) is 20.5. The lowest BCUT2D eigenvalue weighted by Gasteiger charge is -2.35. The summed E-state index contributed by atoms with van der Waals surface area (Å²) in [7, 11) is 0. The molecule has 0 spiro atoms. The summed E-state index contributed by atoms with van der Waals surface area (Å²) in [6.45, 7) is 9.71. The maximum atomic E-state index is 13.6. The molecule has 224 valence electrons. The highest BCUT2D eigenvalue weighted by Crippen LogP contribution is 2.31. The largest absolute Gasteiger partial charge is 0.444 e. The second-order valence-corrected chi connectivity index (χ2v) is 12.2. The third kappa shape index (κ3) is 6.88. The molecule has 3 aromatic carbocycles. The molecule has 2 atom stereocenters. The fraction of sp³-hybridized carbons (Fsp3) is 0.353. The van der Waals surface area contributed by atoms with E-state index in [4.69, 9.17) is 4.74 Å². The summed E-state index contributed by atoms with van der Waals surface area (Å²) in [6, 6.07) is 18.5. The van der Waals surface area contributed by atoms with E-state index in [1.807, 2.05) is 58.9 Å². The average Bonchev–Trinajstić information content (AvgIpc) is 3.52. The van der Waals surface area contributed by atoms with Crippen molar-refractivity contribution in [3.8, 4) is 11.3 Å². The average molecular weight is 582 g/mol. The van der Waals surface area contributed by atoms with Crippen molar-refractivity contribution < 1.29 is 19.1 Å². The predicted molar refractivity (Wildman–Crippen MR) is 168 cm³/mol. The van der Waals surface area contributed by atoms with Crippen molar-refractivity contribution in [2.45, 2.75) is 71.6 Å². The number of hydrogen-bond acceptors (Lipinski definition) is 5. The number of piperidine rings is 1. The number of nitrogens with one attached hydrogen (secondary N) is 3. The zero-order valence-electron chi connectivity index (χ0n) is 25.4. The van der Waals surface area contributed by atoms with Crippen LogP contribution in [0.25, 0.3) is 22.0 Å². The van der Waals surface area contributed by atoms with Crippen LogP contribution in [0.5, 0.6) is 0 Å². The Hall–Kier alpha value is -4.66. The van der Waals surface area contributed by atoms with Gasteiger partial charge in [-0.2, -0.15) is 5.10 Å². The minimum atomic E-state index is -0.654. The fourth-order valence-corrected chi connectivity index (χ4v) is 5.54. The quantitative estimate of drug-likeness (QED) is 0.233. The first-order valence-electron chi connectivity index (χ1n) is 14.7. The van der Waals surface area contributed by atoms with Gasteiger partial charge in [-0.05, 0) is 106 Å². The van der Waals surface area contributed by atoms with Crippen molar-refractivity contribution in [1.29, 1.82) is 0 Å². The van der Waals surface area contributed by atoms with Gasteiger partial charge in [0.25, 0.3) is 5.91 Å². The Labute approximate surface area is 252 Å². The van der Waals surface area contributed by atoms with E-state index in [-0.39, 0.29) is 17.9 Å². The highest BCUT2D eigenvalue weighted by atomic mass is 16.6. The van der Waals surface area contributed by atoms with Gasteiger partial charge in [0.15, 0.2) is 0 Å². The number of aromatic amines is 1. The summed E-state index contributed by atoms with van der Waals surface area (Å²) in [5.41, 5.74) is 3.95. The molecule has 1 saturated heterocycles. The number of benzene rings is 3. The molecule has 5 rings (SSSR count). The lowest BCUT2D eigenvalue weighted by Crippen LogP contribution is -2.51. The SMILES string of the molecule is Cc1ccc(NC(=O)[C@H]2CCCCN2C(=O)OC(C)(C)C)cc1C(=O)NC(C)c1cc(-c2ccn[nH]2)cc2ccccc12. The molecule has 9 nitrogen and oxygen atoms in total. The summed E-state index contributed by atoms with van der Waals surface area (Å²) in [4.78, 5) is 41.3. The van der Waals surface area contributed by atoms with E-state index in [2.05, 4.69) is 45.1 Å². The lowest BCUT2D eigenvalue weighted by molar-refractivity contribution is -0.122. The van der Waals surface area contributed by atoms with Crippen LogP contribution >= 0.6 is 0 Å². The first kappa shape index (κ1) is 29.8. The Bertz CT molecular complexity index is 1640. The molecule has 4 aromatic rings. The Morgan fingerprint density at radius 3 is 2.58 bits per heavy atom. The predicted octanol–water partition coefficient (Wildman–Crippen LogP) is 6.76. The first-order valence-corrected chi connectivity index (χ1v) is 14.7. The summed E-state index contributed by atoms with van der Waals surface area (Å²) < 4.78 is 5.55. The van der Waals surface area contributed by atoms with Gasteiger partial charge in [0.2, 0.25) is 5.91 Å². The number of hydrogen-bond donors (Lipinski definition) is 3. The number of likely N-dealkylation sites (tertiary alicyclic amines) is 1. The van der Waals surface area contributed by atoms with Gasteiger partial charge >= 0.3 is 6.09 Å². The molecule has 1 aliphatic heterocycles. The number of nitrogens with zero attached hydrogens (tertiary/aromatic N) is 2. The maximum absolute atomic E-state index is 13.6. The number of aryl methyl sites for hydroxylation is 1. The van der Waals surface area contributed by atoms with Gasteiger partial charge in [0.1, 0.15) is 11.6 Å².